The van der Waals surface area contributed by atoms with Crippen LogP contribution in [0.15, 0.2) is 17.5 Å². The molecule has 0 aliphatic carbocycles. The van der Waals surface area contributed by atoms with Crippen LogP contribution in [0.25, 0.3) is 0 Å². The lowest BCUT2D eigenvalue weighted by Gasteiger charge is -1.90. The molecule has 0 saturated heterocycles. The predicted octanol–water partition coefficient (Wildman–Crippen LogP) is 0.825. The molecule has 86 valence electrons. The molecular weight excluding hydrogens is 216 g/mol. The first-order chi connectivity index (χ1) is 7.24. The van der Waals surface area contributed by atoms with Crippen molar-refractivity contribution in [3.05, 3.63) is 22.4 Å². The Bertz CT molecular complexity index is 246. The lowest BCUT2D eigenvalue weighted by molar-refractivity contribution is -0.141. The molecule has 0 atom stereocenters. The van der Waals surface area contributed by atoms with E-state index in [0.717, 1.165) is 6.42 Å². The van der Waals surface area contributed by atoms with Crippen molar-refractivity contribution in [1.29, 1.82) is 0 Å². The van der Waals surface area contributed by atoms with Gasteiger partial charge in [0.25, 0.3) is 0 Å². The quantitative estimate of drug-likeness (QED) is 0.754. The number of hydrogen-bond donors (Lipinski definition) is 2. The summed E-state index contributed by atoms with van der Waals surface area (Å²) in [6.45, 7) is 0.132. The molecule has 0 fully saturated rings. The van der Waals surface area contributed by atoms with E-state index in [9.17, 15) is 4.79 Å². The van der Waals surface area contributed by atoms with Crippen LogP contribution in [0.3, 0.4) is 0 Å². The molecule has 1 heterocycles. The summed E-state index contributed by atoms with van der Waals surface area (Å²) in [7, 11) is 1.29. The van der Waals surface area contributed by atoms with Crippen molar-refractivity contribution in [2.24, 2.45) is 0 Å². The van der Waals surface area contributed by atoms with Gasteiger partial charge in [-0.15, -0.1) is 11.3 Å². The maximum absolute atomic E-state index is 10.0. The average Bonchev–Trinajstić information content (AvgIpc) is 2.72. The summed E-state index contributed by atoms with van der Waals surface area (Å²) >= 11 is 1.69. The van der Waals surface area contributed by atoms with Crippen LogP contribution in [0, 0.1) is 0 Å². The van der Waals surface area contributed by atoms with E-state index in [2.05, 4.69) is 4.74 Å². The number of methoxy groups -OCH3 is 1. The Labute approximate surface area is 93.1 Å². The van der Waals surface area contributed by atoms with Gasteiger partial charge in [0.2, 0.25) is 0 Å². The molecular formula is C10H16O4S. The summed E-state index contributed by atoms with van der Waals surface area (Å²) < 4.78 is 4.19. The molecule has 0 aliphatic heterocycles. The van der Waals surface area contributed by atoms with Gasteiger partial charge in [-0.1, -0.05) is 6.07 Å². The first kappa shape index (κ1) is 14.1. The molecule has 0 unspecified atom stereocenters. The minimum atomic E-state index is -0.373. The fourth-order valence-corrected chi connectivity index (χ4v) is 1.46. The van der Waals surface area contributed by atoms with Crippen molar-refractivity contribution < 1.29 is 19.7 Å². The minimum Gasteiger partial charge on any atom is -0.469 e. The Morgan fingerprint density at radius 3 is 2.53 bits per heavy atom. The Morgan fingerprint density at radius 2 is 2.20 bits per heavy atom. The van der Waals surface area contributed by atoms with Crippen molar-refractivity contribution in [3.63, 3.8) is 0 Å². The van der Waals surface area contributed by atoms with Crippen LogP contribution in [0.4, 0.5) is 0 Å². The Balaban J connectivity index is 0.000000265. The molecule has 0 saturated carbocycles. The Morgan fingerprint density at radius 1 is 1.47 bits per heavy atom. The summed E-state index contributed by atoms with van der Waals surface area (Å²) in [4.78, 5) is 11.3. The van der Waals surface area contributed by atoms with Crippen LogP contribution in [-0.4, -0.2) is 36.5 Å². The normalized spacial score (nSPS) is 9.00. The SMILES string of the molecule is COC(=O)CCO.OCCc1cccs1. The molecule has 1 rings (SSSR count). The van der Waals surface area contributed by atoms with E-state index >= 15 is 0 Å². The molecule has 15 heavy (non-hydrogen) atoms. The average molecular weight is 232 g/mol. The highest BCUT2D eigenvalue weighted by molar-refractivity contribution is 7.09. The van der Waals surface area contributed by atoms with Gasteiger partial charge in [-0.3, -0.25) is 4.79 Å². The summed E-state index contributed by atoms with van der Waals surface area (Å²) in [5, 5.41) is 18.5. The van der Waals surface area contributed by atoms with Crippen LogP contribution in [0.5, 0.6) is 0 Å². The molecule has 1 aromatic heterocycles. The van der Waals surface area contributed by atoms with Crippen LogP contribution >= 0.6 is 11.3 Å². The van der Waals surface area contributed by atoms with E-state index in [0.29, 0.717) is 0 Å². The number of hydrogen-bond acceptors (Lipinski definition) is 5. The standard InChI is InChI=1S/C6H8OS.C4H8O3/c7-4-3-6-2-1-5-8-6;1-7-4(6)2-3-5/h1-2,5,7H,3-4H2;5H,2-3H2,1H3. The lowest BCUT2D eigenvalue weighted by Crippen LogP contribution is -2.01. The molecule has 0 aromatic carbocycles. The number of aliphatic hydroxyl groups is 2. The monoisotopic (exact) mass is 232 g/mol. The topological polar surface area (TPSA) is 66.8 Å². The highest BCUT2D eigenvalue weighted by Gasteiger charge is 1.93. The van der Waals surface area contributed by atoms with Crippen molar-refractivity contribution >= 4 is 17.3 Å². The molecule has 4 nitrogen and oxygen atoms in total. The number of carbonyl (C=O) groups excluding carboxylic acids is 1. The van der Waals surface area contributed by atoms with Gasteiger partial charge in [0.15, 0.2) is 0 Å². The van der Waals surface area contributed by atoms with Crippen LogP contribution in [-0.2, 0) is 16.0 Å². The van der Waals surface area contributed by atoms with Crippen molar-refractivity contribution in [3.8, 4) is 0 Å². The number of ether oxygens (including phenoxy) is 1. The van der Waals surface area contributed by atoms with Crippen LogP contribution in [0.1, 0.15) is 11.3 Å². The highest BCUT2D eigenvalue weighted by Crippen LogP contribution is 2.07. The molecule has 0 bridgehead atoms. The Kier molecular flexibility index (Phi) is 9.05. The van der Waals surface area contributed by atoms with E-state index in [4.69, 9.17) is 10.2 Å². The van der Waals surface area contributed by atoms with E-state index in [1.165, 1.54) is 12.0 Å². The van der Waals surface area contributed by atoms with Gasteiger partial charge in [0.05, 0.1) is 20.1 Å². The second kappa shape index (κ2) is 9.64. The third-order valence-corrected chi connectivity index (χ3v) is 2.42. The zero-order valence-corrected chi connectivity index (χ0v) is 9.50. The summed E-state index contributed by atoms with van der Waals surface area (Å²) in [6.07, 6.45) is 0.897. The van der Waals surface area contributed by atoms with Gasteiger partial charge < -0.3 is 14.9 Å². The van der Waals surface area contributed by atoms with Gasteiger partial charge >= 0.3 is 5.97 Å². The largest absolute Gasteiger partial charge is 0.469 e. The zero-order valence-electron chi connectivity index (χ0n) is 8.68. The maximum Gasteiger partial charge on any atom is 0.307 e. The summed E-state index contributed by atoms with van der Waals surface area (Å²) in [5.74, 6) is -0.373. The van der Waals surface area contributed by atoms with Crippen LogP contribution < -0.4 is 0 Å². The molecule has 0 aliphatic rings. The summed E-state index contributed by atoms with van der Waals surface area (Å²) in [5.41, 5.74) is 0. The molecule has 0 spiro atoms. The lowest BCUT2D eigenvalue weighted by atomic mass is 10.4. The fourth-order valence-electron chi connectivity index (χ4n) is 0.758. The smallest absolute Gasteiger partial charge is 0.307 e. The second-order valence-corrected chi connectivity index (χ2v) is 3.63. The molecule has 2 N–H and O–H groups in total. The number of rotatable bonds is 4. The predicted molar refractivity (Wildman–Crippen MR) is 58.8 cm³/mol. The van der Waals surface area contributed by atoms with Crippen molar-refractivity contribution in [1.82, 2.24) is 0 Å². The highest BCUT2D eigenvalue weighted by atomic mass is 32.1. The van der Waals surface area contributed by atoms with E-state index < -0.39 is 0 Å². The Hall–Kier alpha value is -0.910. The third-order valence-electron chi connectivity index (χ3n) is 1.48. The van der Waals surface area contributed by atoms with Gasteiger partial charge in [0, 0.05) is 17.9 Å². The second-order valence-electron chi connectivity index (χ2n) is 2.60. The van der Waals surface area contributed by atoms with Crippen molar-refractivity contribution in [2.45, 2.75) is 12.8 Å². The molecule has 0 amide bonds. The number of thiophene rings is 1. The number of carbonyl (C=O) groups is 1. The van der Waals surface area contributed by atoms with Gasteiger partial charge in [0.1, 0.15) is 0 Å². The van der Waals surface area contributed by atoms with E-state index in [-0.39, 0.29) is 25.6 Å². The number of aliphatic hydroxyl groups excluding tert-OH is 2. The van der Waals surface area contributed by atoms with Gasteiger partial charge in [-0.05, 0) is 11.4 Å². The van der Waals surface area contributed by atoms with Crippen LogP contribution in [0.2, 0.25) is 0 Å². The molecule has 5 heteroatoms. The minimum absolute atomic E-state index is 0.0938. The summed E-state index contributed by atoms with van der Waals surface area (Å²) in [6, 6.07) is 4.02. The number of esters is 1. The first-order valence-corrected chi connectivity index (χ1v) is 5.43. The molecule has 0 radical (unpaired) electrons. The van der Waals surface area contributed by atoms with Gasteiger partial charge in [-0.25, -0.2) is 0 Å². The fraction of sp³-hybridized carbons (Fsp3) is 0.500. The van der Waals surface area contributed by atoms with Gasteiger partial charge in [-0.2, -0.15) is 0 Å². The zero-order chi connectivity index (χ0) is 11.5. The van der Waals surface area contributed by atoms with E-state index in [1.54, 1.807) is 11.3 Å². The maximum atomic E-state index is 10.0. The molecule has 1 aromatic rings. The first-order valence-electron chi connectivity index (χ1n) is 4.55. The van der Waals surface area contributed by atoms with E-state index in [1.807, 2.05) is 17.5 Å². The third kappa shape index (κ3) is 8.11. The van der Waals surface area contributed by atoms with Crippen molar-refractivity contribution in [2.75, 3.05) is 20.3 Å².